The predicted octanol–water partition coefficient (Wildman–Crippen LogP) is 3.19. The topological polar surface area (TPSA) is 234 Å². The Balaban J connectivity index is 0.00000122. The highest BCUT2D eigenvalue weighted by Gasteiger charge is 2.30. The number of non-ortho nitro benzene ring substituents is 1. The van der Waals surface area contributed by atoms with E-state index in [0.29, 0.717) is 31.7 Å². The summed E-state index contributed by atoms with van der Waals surface area (Å²) in [7, 11) is 2.38. The number of aliphatic hydroxyl groups is 1. The molecule has 0 aliphatic carbocycles. The summed E-state index contributed by atoms with van der Waals surface area (Å²) in [5, 5.41) is 39.7. The van der Waals surface area contributed by atoms with Crippen LogP contribution in [0, 0.1) is 24.0 Å². The van der Waals surface area contributed by atoms with Gasteiger partial charge in [-0.15, -0.1) is 0 Å². The van der Waals surface area contributed by atoms with E-state index in [1.807, 2.05) is 30.3 Å². The number of esters is 2. The number of nitro groups is 1. The van der Waals surface area contributed by atoms with Crippen LogP contribution in [0.25, 0.3) is 11.1 Å². The number of methoxy groups -OCH3 is 2. The molecule has 1 atom stereocenters. The molecule has 0 aliphatic rings. The highest BCUT2D eigenvalue weighted by atomic mass is 16.6. The SMILES string of the molecule is COC(=O)c1c(C)nc(C)c(C(=O)OC)c1-c1cc([N+](=O)[O-])ccc1OCCCCNCC(O)COc1ccccc1.O=C(O)C(=O)O. The second kappa shape index (κ2) is 19.1. The van der Waals surface area contributed by atoms with Crippen molar-refractivity contribution in [2.24, 2.45) is 0 Å². The van der Waals surface area contributed by atoms with Crippen molar-refractivity contribution in [3.05, 3.63) is 81.2 Å². The average molecular weight is 672 g/mol. The van der Waals surface area contributed by atoms with Crippen LogP contribution in [0.1, 0.15) is 44.9 Å². The molecule has 0 saturated heterocycles. The molecule has 0 aliphatic heterocycles. The van der Waals surface area contributed by atoms with Gasteiger partial charge in [-0.3, -0.25) is 15.1 Å². The third-order valence-electron chi connectivity index (χ3n) is 6.54. The molecule has 0 amide bonds. The van der Waals surface area contributed by atoms with Gasteiger partial charge in [0.1, 0.15) is 24.2 Å². The fourth-order valence-corrected chi connectivity index (χ4v) is 4.35. The minimum atomic E-state index is -1.82. The number of hydrogen-bond donors (Lipinski definition) is 4. The van der Waals surface area contributed by atoms with E-state index in [1.54, 1.807) is 13.8 Å². The fraction of sp³-hybridized carbons (Fsp3) is 0.344. The van der Waals surface area contributed by atoms with Crippen LogP contribution >= 0.6 is 0 Å². The van der Waals surface area contributed by atoms with E-state index in [-0.39, 0.29) is 58.3 Å². The van der Waals surface area contributed by atoms with Crippen molar-refractivity contribution in [3.63, 3.8) is 0 Å². The maximum atomic E-state index is 12.8. The molecule has 1 heterocycles. The predicted molar refractivity (Wildman–Crippen MR) is 169 cm³/mol. The summed E-state index contributed by atoms with van der Waals surface area (Å²) in [6.07, 6.45) is 0.648. The molecule has 16 heteroatoms. The first kappa shape index (κ1) is 38.6. The highest BCUT2D eigenvalue weighted by molar-refractivity contribution is 6.27. The molecule has 0 bridgehead atoms. The number of rotatable bonds is 15. The Morgan fingerprint density at radius 2 is 1.48 bits per heavy atom. The normalized spacial score (nSPS) is 10.9. The number of carbonyl (C=O) groups excluding carboxylic acids is 2. The molecule has 0 spiro atoms. The van der Waals surface area contributed by atoms with Crippen LogP contribution in [0.2, 0.25) is 0 Å². The molecule has 0 saturated carbocycles. The maximum absolute atomic E-state index is 12.8. The molecule has 16 nitrogen and oxygen atoms in total. The number of carboxylic acid groups (broad SMARTS) is 2. The highest BCUT2D eigenvalue weighted by Crippen LogP contribution is 2.40. The van der Waals surface area contributed by atoms with E-state index < -0.39 is 34.9 Å². The van der Waals surface area contributed by atoms with Gasteiger partial charge in [0, 0.05) is 29.8 Å². The summed E-state index contributed by atoms with van der Waals surface area (Å²) in [5.74, 6) is -4.25. The van der Waals surface area contributed by atoms with Crippen LogP contribution < -0.4 is 14.8 Å². The number of unbranched alkanes of at least 4 members (excludes halogenated alkanes) is 1. The monoisotopic (exact) mass is 671 g/mol. The Morgan fingerprint density at radius 1 is 0.896 bits per heavy atom. The number of aromatic nitrogens is 1. The number of aryl methyl sites for hydroxylation is 2. The standard InChI is InChI=1S/C30H35N3O9.C2H2O4/c1-19-26(29(35)39-3)28(27(20(2)32-19)30(36)40-4)24-16-21(33(37)38)12-13-25(24)41-15-9-8-14-31-17-22(34)18-42-23-10-6-5-7-11-23;3-1(4)2(5)6/h5-7,10-13,16,22,31,34H,8-9,14-15,17-18H2,1-4H3;(H,3,4)(H,5,6). The van der Waals surface area contributed by atoms with Crippen LogP contribution in [0.4, 0.5) is 5.69 Å². The Kier molecular flexibility index (Phi) is 15.4. The van der Waals surface area contributed by atoms with Gasteiger partial charge in [0.25, 0.3) is 5.69 Å². The van der Waals surface area contributed by atoms with Crippen molar-refractivity contribution < 1.29 is 58.4 Å². The van der Waals surface area contributed by atoms with E-state index in [9.17, 15) is 24.8 Å². The quantitative estimate of drug-likeness (QED) is 0.0597. The first-order valence-corrected chi connectivity index (χ1v) is 14.4. The maximum Gasteiger partial charge on any atom is 0.414 e. The summed E-state index contributed by atoms with van der Waals surface area (Å²) in [6.45, 7) is 4.54. The number of carboxylic acids is 2. The molecule has 2 aromatic carbocycles. The Labute approximate surface area is 275 Å². The number of pyridine rings is 1. The summed E-state index contributed by atoms with van der Waals surface area (Å²) in [5.41, 5.74) is 0.517. The van der Waals surface area contributed by atoms with Gasteiger partial charge in [-0.25, -0.2) is 19.2 Å². The van der Waals surface area contributed by atoms with Crippen molar-refractivity contribution in [2.75, 3.05) is 40.5 Å². The van der Waals surface area contributed by atoms with E-state index in [2.05, 4.69) is 10.3 Å². The second-order valence-corrected chi connectivity index (χ2v) is 9.98. The number of hydrogen-bond acceptors (Lipinski definition) is 13. The van der Waals surface area contributed by atoms with Gasteiger partial charge >= 0.3 is 23.9 Å². The second-order valence-electron chi connectivity index (χ2n) is 9.98. The third-order valence-corrected chi connectivity index (χ3v) is 6.54. The van der Waals surface area contributed by atoms with Crippen molar-refractivity contribution in [1.29, 1.82) is 0 Å². The lowest BCUT2D eigenvalue weighted by atomic mass is 9.91. The van der Waals surface area contributed by atoms with Crippen LogP contribution in [0.3, 0.4) is 0 Å². The molecule has 1 unspecified atom stereocenters. The van der Waals surface area contributed by atoms with Gasteiger partial charge in [-0.2, -0.15) is 0 Å². The van der Waals surface area contributed by atoms with Gasteiger partial charge in [-0.05, 0) is 51.4 Å². The van der Waals surface area contributed by atoms with Crippen molar-refractivity contribution in [2.45, 2.75) is 32.8 Å². The number of para-hydroxylation sites is 1. The third kappa shape index (κ3) is 11.3. The molecule has 1 aromatic heterocycles. The number of aliphatic hydroxyl groups excluding tert-OH is 1. The lowest BCUT2D eigenvalue weighted by Crippen LogP contribution is -2.32. The lowest BCUT2D eigenvalue weighted by molar-refractivity contribution is -0.384. The zero-order valence-electron chi connectivity index (χ0n) is 26.8. The number of nitrogens with one attached hydrogen (secondary N) is 1. The van der Waals surface area contributed by atoms with Crippen LogP contribution in [-0.2, 0) is 19.1 Å². The molecule has 0 fully saturated rings. The van der Waals surface area contributed by atoms with Gasteiger partial charge in [-0.1, -0.05) is 18.2 Å². The van der Waals surface area contributed by atoms with E-state index in [1.165, 1.54) is 32.4 Å². The number of nitro benzene ring substituents is 1. The van der Waals surface area contributed by atoms with Gasteiger partial charge in [0.05, 0.1) is 48.3 Å². The molecule has 0 radical (unpaired) electrons. The minimum Gasteiger partial charge on any atom is -0.493 e. The zero-order chi connectivity index (χ0) is 35.8. The number of nitrogens with zero attached hydrogens (tertiary/aromatic N) is 2. The lowest BCUT2D eigenvalue weighted by Gasteiger charge is -2.19. The molecule has 3 aromatic rings. The average Bonchev–Trinajstić information content (AvgIpc) is 3.06. The molecule has 4 N–H and O–H groups in total. The van der Waals surface area contributed by atoms with E-state index in [4.69, 9.17) is 38.7 Å². The van der Waals surface area contributed by atoms with Crippen LogP contribution in [0.15, 0.2) is 48.5 Å². The number of aliphatic carboxylic acids is 2. The summed E-state index contributed by atoms with van der Waals surface area (Å²) >= 11 is 0. The van der Waals surface area contributed by atoms with Gasteiger partial charge < -0.3 is 39.6 Å². The number of carbonyl (C=O) groups is 4. The number of ether oxygens (including phenoxy) is 4. The number of benzene rings is 2. The first-order chi connectivity index (χ1) is 22.8. The van der Waals surface area contributed by atoms with Crippen LogP contribution in [0.5, 0.6) is 11.5 Å². The minimum absolute atomic E-state index is 0.0205. The van der Waals surface area contributed by atoms with Crippen molar-refractivity contribution in [3.8, 4) is 22.6 Å². The van der Waals surface area contributed by atoms with Gasteiger partial charge in [0.2, 0.25) is 0 Å². The van der Waals surface area contributed by atoms with Crippen molar-refractivity contribution >= 4 is 29.6 Å². The fourth-order valence-electron chi connectivity index (χ4n) is 4.35. The van der Waals surface area contributed by atoms with E-state index in [0.717, 1.165) is 0 Å². The summed E-state index contributed by atoms with van der Waals surface area (Å²) in [6, 6.07) is 13.2. The van der Waals surface area contributed by atoms with Crippen molar-refractivity contribution in [1.82, 2.24) is 10.3 Å². The van der Waals surface area contributed by atoms with Crippen LogP contribution in [-0.4, -0.2) is 95.7 Å². The Morgan fingerprint density at radius 3 is 2.00 bits per heavy atom. The first-order valence-electron chi connectivity index (χ1n) is 14.4. The molecule has 3 rings (SSSR count). The summed E-state index contributed by atoms with van der Waals surface area (Å²) in [4.78, 5) is 59.2. The van der Waals surface area contributed by atoms with E-state index >= 15 is 0 Å². The Bertz CT molecular complexity index is 1540. The molecular formula is C32H37N3O13. The molecule has 258 valence electrons. The Hall–Kier alpha value is -5.61. The molecule has 48 heavy (non-hydrogen) atoms. The molecular weight excluding hydrogens is 634 g/mol. The summed E-state index contributed by atoms with van der Waals surface area (Å²) < 4.78 is 21.5. The zero-order valence-corrected chi connectivity index (χ0v) is 26.8. The largest absolute Gasteiger partial charge is 0.493 e. The smallest absolute Gasteiger partial charge is 0.414 e. The van der Waals surface area contributed by atoms with Gasteiger partial charge in [0.15, 0.2) is 0 Å².